The number of carbonyl (C=O) groups excluding carboxylic acids is 1. The third kappa shape index (κ3) is 3.04. The van der Waals surface area contributed by atoms with Crippen molar-refractivity contribution >= 4 is 55.2 Å². The molecule has 0 fully saturated rings. The Bertz CT molecular complexity index is 457. The summed E-state index contributed by atoms with van der Waals surface area (Å²) in [7, 11) is 3.25. The third-order valence-electron chi connectivity index (χ3n) is 1.72. The molecule has 2 nitrogen and oxygen atoms in total. The van der Waals surface area contributed by atoms with Gasteiger partial charge in [0.25, 0.3) is 0 Å². The van der Waals surface area contributed by atoms with Gasteiger partial charge in [-0.05, 0) is 18.2 Å². The normalized spacial score (nSPS) is 9.75. The first-order chi connectivity index (χ1) is 7.63. The molecule has 0 bridgehead atoms. The number of methoxy groups -OCH3 is 1. The predicted octanol–water partition coefficient (Wildman–Crippen LogP) is 4.39. The molecule has 0 aliphatic carbocycles. The van der Waals surface area contributed by atoms with Crippen LogP contribution in [0.25, 0.3) is 10.1 Å². The van der Waals surface area contributed by atoms with Crippen LogP contribution in [-0.2, 0) is 4.74 Å². The summed E-state index contributed by atoms with van der Waals surface area (Å²) in [6.07, 6.45) is 0.841. The molecule has 0 saturated heterocycles. The number of ether oxygens (including phenoxy) is 1. The van der Waals surface area contributed by atoms with Crippen LogP contribution in [0, 0.1) is 0 Å². The molecule has 0 unspecified atom stereocenters. The van der Waals surface area contributed by atoms with Crippen molar-refractivity contribution in [1.82, 2.24) is 0 Å². The van der Waals surface area contributed by atoms with E-state index in [1.807, 2.05) is 18.2 Å². The fraction of sp³-hybridized carbons (Fsp3) is 0.182. The Kier molecular flexibility index (Phi) is 5.41. The molecule has 1 aromatic heterocycles. The molecule has 0 spiro atoms. The van der Waals surface area contributed by atoms with Gasteiger partial charge in [0.05, 0.1) is 14.6 Å². The van der Waals surface area contributed by atoms with Crippen LogP contribution in [-0.4, -0.2) is 20.5 Å². The van der Waals surface area contributed by atoms with Crippen molar-refractivity contribution < 1.29 is 9.53 Å². The van der Waals surface area contributed by atoms with E-state index in [-0.39, 0.29) is 0 Å². The average molecular weight is 322 g/mol. The molecule has 0 amide bonds. The standard InChI is InChI=1S/C9H4BrClOS.C2H6O/c10-7-1-2-8(11)9-6(7)3-5(4-12)13-9;1-3-2/h1-4H;1-2H3. The van der Waals surface area contributed by atoms with Gasteiger partial charge in [-0.3, -0.25) is 4.79 Å². The summed E-state index contributed by atoms with van der Waals surface area (Å²) in [5.74, 6) is 0. The molecule has 1 aromatic carbocycles. The average Bonchev–Trinajstić information content (AvgIpc) is 2.70. The second kappa shape index (κ2) is 6.35. The smallest absolute Gasteiger partial charge is 0.160 e. The van der Waals surface area contributed by atoms with Gasteiger partial charge in [-0.25, -0.2) is 0 Å². The molecule has 5 heteroatoms. The Hall–Kier alpha value is -0.420. The first-order valence-electron chi connectivity index (χ1n) is 4.37. The number of carbonyl (C=O) groups is 1. The van der Waals surface area contributed by atoms with Gasteiger partial charge < -0.3 is 4.74 Å². The maximum absolute atomic E-state index is 10.6. The van der Waals surface area contributed by atoms with E-state index in [0.717, 1.165) is 20.8 Å². The molecule has 1 heterocycles. The molecule has 0 N–H and O–H groups in total. The van der Waals surface area contributed by atoms with Gasteiger partial charge in [0.2, 0.25) is 0 Å². The third-order valence-corrected chi connectivity index (χ3v) is 3.93. The number of hydrogen-bond acceptors (Lipinski definition) is 3. The number of aldehydes is 1. The van der Waals surface area contributed by atoms with Crippen LogP contribution in [0.3, 0.4) is 0 Å². The van der Waals surface area contributed by atoms with Crippen LogP contribution in [0.5, 0.6) is 0 Å². The van der Waals surface area contributed by atoms with Crippen LogP contribution in [0.2, 0.25) is 5.02 Å². The quantitative estimate of drug-likeness (QED) is 0.728. The van der Waals surface area contributed by atoms with Gasteiger partial charge in [0, 0.05) is 24.1 Å². The van der Waals surface area contributed by atoms with Crippen LogP contribution in [0.15, 0.2) is 22.7 Å². The van der Waals surface area contributed by atoms with Crippen LogP contribution in [0.1, 0.15) is 9.67 Å². The molecule has 0 saturated carbocycles. The summed E-state index contributed by atoms with van der Waals surface area (Å²) < 4.78 is 6.18. The van der Waals surface area contributed by atoms with Crippen LogP contribution >= 0.6 is 38.9 Å². The monoisotopic (exact) mass is 320 g/mol. The second-order valence-corrected chi connectivity index (χ2v) is 5.29. The van der Waals surface area contributed by atoms with E-state index >= 15 is 0 Å². The number of hydrogen-bond donors (Lipinski definition) is 0. The molecule has 16 heavy (non-hydrogen) atoms. The van der Waals surface area contributed by atoms with Gasteiger partial charge in [-0.15, -0.1) is 11.3 Å². The molecule has 0 atom stereocenters. The van der Waals surface area contributed by atoms with Crippen molar-refractivity contribution in [3.05, 3.63) is 32.6 Å². The lowest BCUT2D eigenvalue weighted by atomic mass is 10.2. The molecular formula is C11H10BrClO2S. The number of thiophene rings is 1. The highest BCUT2D eigenvalue weighted by molar-refractivity contribution is 9.10. The highest BCUT2D eigenvalue weighted by Gasteiger charge is 2.07. The topological polar surface area (TPSA) is 26.3 Å². The van der Waals surface area contributed by atoms with Gasteiger partial charge in [-0.1, -0.05) is 27.5 Å². The Morgan fingerprint density at radius 2 is 2.06 bits per heavy atom. The van der Waals surface area contributed by atoms with Gasteiger partial charge >= 0.3 is 0 Å². The van der Waals surface area contributed by atoms with Crippen molar-refractivity contribution in [3.8, 4) is 0 Å². The Labute approximate surface area is 111 Å². The van der Waals surface area contributed by atoms with Gasteiger partial charge in [0.15, 0.2) is 6.29 Å². The Morgan fingerprint density at radius 1 is 1.44 bits per heavy atom. The lowest BCUT2D eigenvalue weighted by molar-refractivity contribution is 0.112. The molecular weight excluding hydrogens is 312 g/mol. The lowest BCUT2D eigenvalue weighted by Gasteiger charge is -1.94. The summed E-state index contributed by atoms with van der Waals surface area (Å²) in [6.45, 7) is 0. The van der Waals surface area contributed by atoms with E-state index in [1.165, 1.54) is 11.3 Å². The van der Waals surface area contributed by atoms with Crippen molar-refractivity contribution in [3.63, 3.8) is 0 Å². The molecule has 2 rings (SSSR count). The van der Waals surface area contributed by atoms with E-state index in [2.05, 4.69) is 20.7 Å². The van der Waals surface area contributed by atoms with Gasteiger partial charge in [-0.2, -0.15) is 0 Å². The van der Waals surface area contributed by atoms with E-state index in [1.54, 1.807) is 14.2 Å². The molecule has 0 aliphatic heterocycles. The van der Waals surface area contributed by atoms with E-state index < -0.39 is 0 Å². The largest absolute Gasteiger partial charge is 0.388 e. The first kappa shape index (κ1) is 13.6. The van der Waals surface area contributed by atoms with E-state index in [0.29, 0.717) is 9.90 Å². The summed E-state index contributed by atoms with van der Waals surface area (Å²) >= 11 is 10.8. The zero-order valence-electron chi connectivity index (χ0n) is 8.79. The highest BCUT2D eigenvalue weighted by atomic mass is 79.9. The first-order valence-corrected chi connectivity index (χ1v) is 6.35. The van der Waals surface area contributed by atoms with Crippen molar-refractivity contribution in [2.75, 3.05) is 14.2 Å². The zero-order valence-corrected chi connectivity index (χ0v) is 11.9. The van der Waals surface area contributed by atoms with Crippen molar-refractivity contribution in [1.29, 1.82) is 0 Å². The van der Waals surface area contributed by atoms with Crippen LogP contribution in [0.4, 0.5) is 0 Å². The van der Waals surface area contributed by atoms with Gasteiger partial charge in [0.1, 0.15) is 0 Å². The summed E-state index contributed by atoms with van der Waals surface area (Å²) in [5.41, 5.74) is 0. The fourth-order valence-corrected chi connectivity index (χ4v) is 2.90. The van der Waals surface area contributed by atoms with Crippen molar-refractivity contribution in [2.24, 2.45) is 0 Å². The number of fused-ring (bicyclic) bond motifs is 1. The number of rotatable bonds is 1. The number of halogens is 2. The molecule has 0 radical (unpaired) electrons. The summed E-state index contributed by atoms with van der Waals surface area (Å²) in [5, 5.41) is 1.69. The van der Waals surface area contributed by atoms with Crippen LogP contribution < -0.4 is 0 Å². The molecule has 0 aliphatic rings. The Morgan fingerprint density at radius 3 is 2.56 bits per heavy atom. The predicted molar refractivity (Wildman–Crippen MR) is 72.9 cm³/mol. The highest BCUT2D eigenvalue weighted by Crippen LogP contribution is 2.35. The SMILES string of the molecule is COC.O=Cc1cc2c(Br)ccc(Cl)c2s1. The minimum absolute atomic E-state index is 0.691. The van der Waals surface area contributed by atoms with E-state index in [4.69, 9.17) is 11.6 Å². The minimum atomic E-state index is 0.691. The zero-order chi connectivity index (χ0) is 12.1. The Balaban J connectivity index is 0.000000386. The molecule has 2 aromatic rings. The number of benzene rings is 1. The van der Waals surface area contributed by atoms with E-state index in [9.17, 15) is 4.79 Å². The second-order valence-electron chi connectivity index (χ2n) is 2.95. The van der Waals surface area contributed by atoms with Crippen molar-refractivity contribution in [2.45, 2.75) is 0 Å². The maximum Gasteiger partial charge on any atom is 0.160 e. The lowest BCUT2D eigenvalue weighted by Crippen LogP contribution is -1.67. The minimum Gasteiger partial charge on any atom is -0.388 e. The fourth-order valence-electron chi connectivity index (χ4n) is 1.13. The molecule has 86 valence electrons. The maximum atomic E-state index is 10.6. The summed E-state index contributed by atoms with van der Waals surface area (Å²) in [4.78, 5) is 11.2. The summed E-state index contributed by atoms with van der Waals surface area (Å²) in [6, 6.07) is 5.54.